The third-order valence-electron chi connectivity index (χ3n) is 9.60. The SMILES string of the molecule is [2H]c1c([2H])c(-n2c3ccccc3c3ccccc32)c([2H])c([2H])c1-c1ccc2ccc3c(N(c4ccccc4)c4ccccc4)ccc4ccc1c2c43. The Bertz CT molecular complexity index is 2890. The molecule has 0 N–H and O–H groups in total. The van der Waals surface area contributed by atoms with Crippen molar-refractivity contribution in [2.45, 2.75) is 0 Å². The van der Waals surface area contributed by atoms with Crippen molar-refractivity contribution in [1.29, 1.82) is 0 Å². The summed E-state index contributed by atoms with van der Waals surface area (Å²) in [5.41, 5.74) is 6.07. The Morgan fingerprint density at radius 2 is 0.917 bits per heavy atom. The van der Waals surface area contributed by atoms with Gasteiger partial charge >= 0.3 is 0 Å². The molecular weight excluding hydrogens is 581 g/mol. The molecule has 48 heavy (non-hydrogen) atoms. The molecule has 10 rings (SSSR count). The second-order valence-electron chi connectivity index (χ2n) is 12.2. The third-order valence-corrected chi connectivity index (χ3v) is 9.60. The quantitative estimate of drug-likeness (QED) is 0.175. The molecule has 0 bridgehead atoms. The fourth-order valence-corrected chi connectivity index (χ4v) is 7.50. The number of fused-ring (bicyclic) bond motifs is 3. The predicted octanol–water partition coefficient (Wildman–Crippen LogP) is 12.8. The number of benzene rings is 9. The zero-order chi connectivity index (χ0) is 35.1. The molecule has 0 radical (unpaired) electrons. The van der Waals surface area contributed by atoms with Gasteiger partial charge in [0.25, 0.3) is 0 Å². The number of rotatable bonds is 5. The Balaban J connectivity index is 1.23. The average Bonchev–Trinajstić information content (AvgIpc) is 3.52. The van der Waals surface area contributed by atoms with E-state index in [4.69, 9.17) is 0 Å². The van der Waals surface area contributed by atoms with Crippen molar-refractivity contribution in [3.05, 3.63) is 182 Å². The lowest BCUT2D eigenvalue weighted by atomic mass is 9.89. The first-order valence-electron chi connectivity index (χ1n) is 18.2. The van der Waals surface area contributed by atoms with Crippen molar-refractivity contribution < 1.29 is 5.48 Å². The van der Waals surface area contributed by atoms with Crippen LogP contribution in [-0.4, -0.2) is 4.57 Å². The zero-order valence-corrected chi connectivity index (χ0v) is 25.9. The summed E-state index contributed by atoms with van der Waals surface area (Å²) in [5, 5.41) is 8.27. The third kappa shape index (κ3) is 4.00. The van der Waals surface area contributed by atoms with E-state index in [1.165, 1.54) is 0 Å². The molecule has 1 aromatic heterocycles. The van der Waals surface area contributed by atoms with Crippen molar-refractivity contribution in [3.63, 3.8) is 0 Å². The molecule has 0 aliphatic heterocycles. The summed E-state index contributed by atoms with van der Waals surface area (Å²) in [6.07, 6.45) is 0. The standard InChI is InChI=1S/C46H30N2/c1-3-11-34(12-4-1)47(35-13-5-2-6-14-35)44-30-24-33-22-28-40-37(27-21-32-23-29-41(44)46(33)45(32)40)31-19-25-36(26-20-31)48-42-17-9-7-15-38(42)39-16-8-10-18-43(39)48/h1-30H/i19D,20D,25D,26D. The fraction of sp³-hybridized carbons (Fsp3) is 0. The van der Waals surface area contributed by atoms with Crippen LogP contribution < -0.4 is 4.90 Å². The molecular formula is C46H30N2. The average molecular weight is 615 g/mol. The van der Waals surface area contributed by atoms with Gasteiger partial charge in [-0.1, -0.05) is 127 Å². The molecule has 0 aliphatic carbocycles. The molecule has 0 amide bonds. The molecule has 0 saturated heterocycles. The van der Waals surface area contributed by atoms with E-state index >= 15 is 0 Å². The normalized spacial score (nSPS) is 12.9. The molecule has 0 aliphatic rings. The van der Waals surface area contributed by atoms with Crippen LogP contribution in [-0.2, 0) is 0 Å². The van der Waals surface area contributed by atoms with E-state index in [0.717, 1.165) is 71.2 Å². The van der Waals surface area contributed by atoms with Crippen molar-refractivity contribution in [3.8, 4) is 16.8 Å². The van der Waals surface area contributed by atoms with E-state index < -0.39 is 0 Å². The van der Waals surface area contributed by atoms with Crippen LogP contribution in [0.15, 0.2) is 182 Å². The Morgan fingerprint density at radius 3 is 1.54 bits per heavy atom. The van der Waals surface area contributed by atoms with E-state index in [0.29, 0.717) is 11.1 Å². The highest BCUT2D eigenvalue weighted by atomic mass is 15.1. The highest BCUT2D eigenvalue weighted by Crippen LogP contribution is 2.45. The number of para-hydroxylation sites is 4. The van der Waals surface area contributed by atoms with Crippen LogP contribution in [0.5, 0.6) is 0 Å². The molecule has 2 nitrogen and oxygen atoms in total. The minimum Gasteiger partial charge on any atom is -0.310 e. The second-order valence-corrected chi connectivity index (χ2v) is 12.2. The van der Waals surface area contributed by atoms with Crippen LogP contribution in [0.3, 0.4) is 0 Å². The predicted molar refractivity (Wildman–Crippen MR) is 205 cm³/mol. The Morgan fingerprint density at radius 1 is 0.417 bits per heavy atom. The topological polar surface area (TPSA) is 8.17 Å². The van der Waals surface area contributed by atoms with E-state index in [1.807, 2.05) is 77.4 Å². The molecule has 0 fully saturated rings. The molecule has 9 aromatic carbocycles. The van der Waals surface area contributed by atoms with Gasteiger partial charge in [0, 0.05) is 33.2 Å². The van der Waals surface area contributed by atoms with Crippen molar-refractivity contribution in [2.75, 3.05) is 4.90 Å². The minimum atomic E-state index is -0.0724. The summed E-state index contributed by atoms with van der Waals surface area (Å²) < 4.78 is 39.5. The summed E-state index contributed by atoms with van der Waals surface area (Å²) in [7, 11) is 0. The first kappa shape index (κ1) is 23.0. The van der Waals surface area contributed by atoms with Crippen molar-refractivity contribution >= 4 is 71.2 Å². The number of hydrogen-bond donors (Lipinski definition) is 0. The maximum atomic E-state index is 9.43. The number of nitrogens with zero attached hydrogens (tertiary/aromatic N) is 2. The summed E-state index contributed by atoms with van der Waals surface area (Å²) in [6.45, 7) is 0. The van der Waals surface area contributed by atoms with E-state index in [1.54, 1.807) is 0 Å². The Hall–Kier alpha value is -6.38. The van der Waals surface area contributed by atoms with Gasteiger partial charge < -0.3 is 9.47 Å². The van der Waals surface area contributed by atoms with Gasteiger partial charge in [-0.2, -0.15) is 0 Å². The molecule has 2 heteroatoms. The summed E-state index contributed by atoms with van der Waals surface area (Å²) >= 11 is 0. The van der Waals surface area contributed by atoms with Crippen LogP contribution in [0.25, 0.3) is 70.9 Å². The summed E-state index contributed by atoms with van der Waals surface area (Å²) in [5.74, 6) is 0. The Kier molecular flexibility index (Phi) is 5.08. The largest absolute Gasteiger partial charge is 0.310 e. The van der Waals surface area contributed by atoms with Gasteiger partial charge in [0.15, 0.2) is 0 Å². The van der Waals surface area contributed by atoms with Gasteiger partial charge in [-0.3, -0.25) is 0 Å². The molecule has 0 saturated carbocycles. The number of anilines is 3. The highest BCUT2D eigenvalue weighted by Gasteiger charge is 2.19. The Labute approximate surface area is 284 Å². The van der Waals surface area contributed by atoms with Crippen LogP contribution in [0.1, 0.15) is 5.48 Å². The first-order valence-corrected chi connectivity index (χ1v) is 16.2. The summed E-state index contributed by atoms with van der Waals surface area (Å²) in [4.78, 5) is 2.28. The number of aromatic nitrogens is 1. The lowest BCUT2D eigenvalue weighted by Crippen LogP contribution is -2.10. The maximum Gasteiger partial charge on any atom is 0.0645 e. The second kappa shape index (κ2) is 10.6. The smallest absolute Gasteiger partial charge is 0.0645 e. The first-order chi connectivity index (χ1) is 25.5. The lowest BCUT2D eigenvalue weighted by Gasteiger charge is -2.27. The van der Waals surface area contributed by atoms with E-state index in [9.17, 15) is 5.48 Å². The van der Waals surface area contributed by atoms with Crippen molar-refractivity contribution in [1.82, 2.24) is 4.57 Å². The van der Waals surface area contributed by atoms with Crippen molar-refractivity contribution in [2.24, 2.45) is 0 Å². The monoisotopic (exact) mass is 614 g/mol. The van der Waals surface area contributed by atoms with Gasteiger partial charge in [0.1, 0.15) is 0 Å². The van der Waals surface area contributed by atoms with Crippen LogP contribution >= 0.6 is 0 Å². The van der Waals surface area contributed by atoms with Gasteiger partial charge in [-0.15, -0.1) is 0 Å². The molecule has 10 aromatic rings. The molecule has 0 atom stereocenters. The molecule has 0 spiro atoms. The zero-order valence-electron chi connectivity index (χ0n) is 29.9. The number of hydrogen-bond acceptors (Lipinski definition) is 1. The van der Waals surface area contributed by atoms with Gasteiger partial charge in [-0.05, 0) is 92.6 Å². The van der Waals surface area contributed by atoms with Gasteiger partial charge in [0.05, 0.1) is 22.2 Å². The lowest BCUT2D eigenvalue weighted by molar-refractivity contribution is 1.18. The van der Waals surface area contributed by atoms with Gasteiger partial charge in [0.2, 0.25) is 0 Å². The van der Waals surface area contributed by atoms with E-state index in [-0.39, 0.29) is 29.9 Å². The van der Waals surface area contributed by atoms with Crippen LogP contribution in [0.2, 0.25) is 0 Å². The maximum absolute atomic E-state index is 9.43. The van der Waals surface area contributed by atoms with Crippen LogP contribution in [0, 0.1) is 0 Å². The summed E-state index contributed by atoms with van der Waals surface area (Å²) in [6, 6.07) is 53.2. The fourth-order valence-electron chi connectivity index (χ4n) is 7.50. The molecule has 1 heterocycles. The molecule has 224 valence electrons. The van der Waals surface area contributed by atoms with Gasteiger partial charge in [-0.25, -0.2) is 0 Å². The minimum absolute atomic E-state index is 0.0621. The highest BCUT2D eigenvalue weighted by molar-refractivity contribution is 6.28. The van der Waals surface area contributed by atoms with E-state index in [2.05, 4.69) is 89.8 Å². The van der Waals surface area contributed by atoms with Crippen LogP contribution in [0.4, 0.5) is 17.1 Å². The molecule has 0 unspecified atom stereocenters.